The van der Waals surface area contributed by atoms with Crippen LogP contribution in [0, 0.1) is 0 Å². The van der Waals surface area contributed by atoms with Crippen molar-refractivity contribution < 1.29 is 22.6 Å². The molecule has 16 heavy (non-hydrogen) atoms. The first-order valence-electron chi connectivity index (χ1n) is 4.77. The summed E-state index contributed by atoms with van der Waals surface area (Å²) in [6, 6.07) is 5.49. The largest absolute Gasteiger partial charge is 0.416 e. The van der Waals surface area contributed by atoms with Gasteiger partial charge in [0.15, 0.2) is 0 Å². The molecule has 1 aromatic rings. The number of benzene rings is 1. The molecule has 0 N–H and O–H groups in total. The summed E-state index contributed by atoms with van der Waals surface area (Å²) in [6.45, 7) is 0.301. The molecule has 1 rings (SSSR count). The third-order valence-corrected chi connectivity index (χ3v) is 2.04. The molecule has 0 saturated carbocycles. The van der Waals surface area contributed by atoms with Crippen LogP contribution in [0.3, 0.4) is 0 Å². The minimum Gasteiger partial charge on any atom is -0.359 e. The van der Waals surface area contributed by atoms with E-state index in [2.05, 4.69) is 4.74 Å². The zero-order chi connectivity index (χ0) is 12.0. The van der Waals surface area contributed by atoms with Crippen molar-refractivity contribution in [1.82, 2.24) is 0 Å². The Bertz CT molecular complexity index is 323. The third-order valence-electron chi connectivity index (χ3n) is 2.04. The summed E-state index contributed by atoms with van der Waals surface area (Å²) in [5.74, 6) is 0. The fourth-order valence-electron chi connectivity index (χ4n) is 1.34. The lowest BCUT2D eigenvalue weighted by Gasteiger charge is -2.12. The van der Waals surface area contributed by atoms with Crippen molar-refractivity contribution in [3.05, 3.63) is 35.4 Å². The van der Waals surface area contributed by atoms with E-state index < -0.39 is 11.7 Å². The summed E-state index contributed by atoms with van der Waals surface area (Å²) in [4.78, 5) is 0. The van der Waals surface area contributed by atoms with E-state index in [1.807, 2.05) is 0 Å². The quantitative estimate of drug-likeness (QED) is 0.576. The van der Waals surface area contributed by atoms with Crippen LogP contribution in [0.2, 0.25) is 0 Å². The van der Waals surface area contributed by atoms with Crippen LogP contribution in [0.4, 0.5) is 13.2 Å². The molecule has 0 spiro atoms. The van der Waals surface area contributed by atoms with E-state index in [1.165, 1.54) is 19.2 Å². The maximum Gasteiger partial charge on any atom is 0.416 e. The van der Waals surface area contributed by atoms with Crippen LogP contribution in [0.25, 0.3) is 0 Å². The van der Waals surface area contributed by atoms with Gasteiger partial charge in [-0.3, -0.25) is 0 Å². The van der Waals surface area contributed by atoms with Crippen LogP contribution >= 0.6 is 0 Å². The van der Waals surface area contributed by atoms with E-state index in [4.69, 9.17) is 4.74 Å². The monoisotopic (exact) mass is 234 g/mol. The second-order valence-electron chi connectivity index (χ2n) is 3.22. The summed E-state index contributed by atoms with van der Waals surface area (Å²) in [6.07, 6.45) is -4.09. The zero-order valence-corrected chi connectivity index (χ0v) is 8.88. The molecule has 0 aromatic heterocycles. The molecule has 0 aliphatic carbocycles. The van der Waals surface area contributed by atoms with Gasteiger partial charge in [-0.1, -0.05) is 18.2 Å². The minimum atomic E-state index is -4.31. The molecule has 0 unspecified atom stereocenters. The first kappa shape index (κ1) is 13.0. The highest BCUT2D eigenvalue weighted by atomic mass is 19.4. The van der Waals surface area contributed by atoms with Crippen LogP contribution in [0.1, 0.15) is 11.1 Å². The van der Waals surface area contributed by atoms with Gasteiger partial charge in [0.2, 0.25) is 0 Å². The van der Waals surface area contributed by atoms with Crippen molar-refractivity contribution in [2.75, 3.05) is 20.5 Å². The minimum absolute atomic E-state index is 0.0915. The first-order valence-corrected chi connectivity index (χ1v) is 4.77. The third kappa shape index (κ3) is 3.83. The van der Waals surface area contributed by atoms with Crippen molar-refractivity contribution in [3.63, 3.8) is 0 Å². The van der Waals surface area contributed by atoms with Crippen molar-refractivity contribution in [2.45, 2.75) is 12.6 Å². The van der Waals surface area contributed by atoms with Crippen LogP contribution in [-0.2, 0) is 22.1 Å². The number of rotatable bonds is 5. The van der Waals surface area contributed by atoms with Gasteiger partial charge in [0, 0.05) is 7.11 Å². The van der Waals surface area contributed by atoms with Gasteiger partial charge in [-0.15, -0.1) is 0 Å². The number of hydrogen-bond acceptors (Lipinski definition) is 2. The van der Waals surface area contributed by atoms with E-state index >= 15 is 0 Å². The lowest BCUT2D eigenvalue weighted by molar-refractivity contribution is -0.138. The van der Waals surface area contributed by atoms with E-state index in [-0.39, 0.29) is 25.4 Å². The van der Waals surface area contributed by atoms with Crippen molar-refractivity contribution >= 4 is 0 Å². The molecule has 0 atom stereocenters. The molecular weight excluding hydrogens is 221 g/mol. The maximum absolute atomic E-state index is 12.6. The van der Waals surface area contributed by atoms with Crippen molar-refractivity contribution in [3.8, 4) is 0 Å². The SMILES string of the molecule is COCOCCc1ccccc1C(F)(F)F. The zero-order valence-electron chi connectivity index (χ0n) is 8.88. The Hall–Kier alpha value is -1.07. The molecule has 0 bridgehead atoms. The molecule has 5 heteroatoms. The maximum atomic E-state index is 12.6. The van der Waals surface area contributed by atoms with E-state index in [0.29, 0.717) is 0 Å². The normalized spacial score (nSPS) is 11.8. The Morgan fingerprint density at radius 1 is 1.19 bits per heavy atom. The van der Waals surface area contributed by atoms with Gasteiger partial charge in [-0.2, -0.15) is 13.2 Å². The summed E-state index contributed by atoms with van der Waals surface area (Å²) in [7, 11) is 1.46. The fraction of sp³-hybridized carbons (Fsp3) is 0.455. The fourth-order valence-corrected chi connectivity index (χ4v) is 1.34. The van der Waals surface area contributed by atoms with Gasteiger partial charge in [-0.25, -0.2) is 0 Å². The standard InChI is InChI=1S/C11H13F3O2/c1-15-8-16-7-6-9-4-2-3-5-10(9)11(12,13)14/h2-5H,6-8H2,1H3. The lowest BCUT2D eigenvalue weighted by atomic mass is 10.0. The predicted octanol–water partition coefficient (Wildman–Crippen LogP) is 2.87. The highest BCUT2D eigenvalue weighted by Gasteiger charge is 2.32. The van der Waals surface area contributed by atoms with Crippen LogP contribution < -0.4 is 0 Å². The average Bonchev–Trinajstić information content (AvgIpc) is 2.24. The first-order chi connectivity index (χ1) is 7.55. The number of alkyl halides is 3. The molecule has 0 amide bonds. The average molecular weight is 234 g/mol. The van der Waals surface area contributed by atoms with Crippen LogP contribution in [0.15, 0.2) is 24.3 Å². The molecule has 0 aliphatic rings. The summed E-state index contributed by atoms with van der Waals surface area (Å²) in [5, 5.41) is 0. The Labute approximate surface area is 92.0 Å². The van der Waals surface area contributed by atoms with Crippen molar-refractivity contribution in [1.29, 1.82) is 0 Å². The van der Waals surface area contributed by atoms with E-state index in [9.17, 15) is 13.2 Å². The van der Waals surface area contributed by atoms with Crippen molar-refractivity contribution in [2.24, 2.45) is 0 Å². The van der Waals surface area contributed by atoms with Gasteiger partial charge in [-0.05, 0) is 18.1 Å². The smallest absolute Gasteiger partial charge is 0.359 e. The topological polar surface area (TPSA) is 18.5 Å². The number of hydrogen-bond donors (Lipinski definition) is 0. The molecule has 0 saturated heterocycles. The summed E-state index contributed by atoms with van der Waals surface area (Å²) >= 11 is 0. The van der Waals surface area contributed by atoms with Gasteiger partial charge >= 0.3 is 6.18 Å². The molecule has 1 aromatic carbocycles. The Kier molecular flexibility index (Phi) is 4.76. The molecular formula is C11H13F3O2. The second-order valence-corrected chi connectivity index (χ2v) is 3.22. The molecule has 0 radical (unpaired) electrons. The predicted molar refractivity (Wildman–Crippen MR) is 53.0 cm³/mol. The molecule has 0 aliphatic heterocycles. The summed E-state index contributed by atoms with van der Waals surface area (Å²) in [5.41, 5.74) is -0.359. The van der Waals surface area contributed by atoms with E-state index in [0.717, 1.165) is 6.07 Å². The van der Waals surface area contributed by atoms with Gasteiger partial charge in [0.05, 0.1) is 12.2 Å². The Morgan fingerprint density at radius 3 is 2.50 bits per heavy atom. The van der Waals surface area contributed by atoms with Gasteiger partial charge < -0.3 is 9.47 Å². The summed E-state index contributed by atoms with van der Waals surface area (Å²) < 4.78 is 47.3. The highest BCUT2D eigenvalue weighted by Crippen LogP contribution is 2.31. The van der Waals surface area contributed by atoms with Crippen LogP contribution in [0.5, 0.6) is 0 Å². The highest BCUT2D eigenvalue weighted by molar-refractivity contribution is 5.29. The lowest BCUT2D eigenvalue weighted by Crippen LogP contribution is -2.11. The number of halogens is 3. The molecule has 0 fully saturated rings. The number of ether oxygens (including phenoxy) is 2. The Balaban J connectivity index is 2.65. The van der Waals surface area contributed by atoms with Crippen LogP contribution in [-0.4, -0.2) is 20.5 Å². The Morgan fingerprint density at radius 2 is 1.88 bits per heavy atom. The molecule has 0 heterocycles. The van der Waals surface area contributed by atoms with E-state index in [1.54, 1.807) is 6.07 Å². The number of methoxy groups -OCH3 is 1. The van der Waals surface area contributed by atoms with Gasteiger partial charge in [0.1, 0.15) is 6.79 Å². The molecule has 2 nitrogen and oxygen atoms in total. The molecule has 90 valence electrons. The second kappa shape index (κ2) is 5.86. The van der Waals surface area contributed by atoms with Gasteiger partial charge in [0.25, 0.3) is 0 Å².